The van der Waals surface area contributed by atoms with Gasteiger partial charge in [-0.05, 0) is 30.5 Å². The monoisotopic (exact) mass is 351 g/mol. The number of hydrogen-bond acceptors (Lipinski definition) is 3. The lowest BCUT2D eigenvalue weighted by Crippen LogP contribution is -2.50. The number of urea groups is 1. The van der Waals surface area contributed by atoms with Gasteiger partial charge in [0.25, 0.3) is 0 Å². The molecule has 2 atom stereocenters. The number of ether oxygens (including phenoxy) is 1. The van der Waals surface area contributed by atoms with Crippen LogP contribution < -0.4 is 16.0 Å². The van der Waals surface area contributed by atoms with Crippen molar-refractivity contribution in [2.45, 2.75) is 38.8 Å². The van der Waals surface area contributed by atoms with Crippen molar-refractivity contribution < 1.29 is 18.7 Å². The summed E-state index contributed by atoms with van der Waals surface area (Å²) in [5.74, 6) is -0.148. The van der Waals surface area contributed by atoms with Crippen molar-refractivity contribution in [1.82, 2.24) is 16.0 Å². The average molecular weight is 351 g/mol. The molecule has 0 saturated carbocycles. The molecule has 0 bridgehead atoms. The molecular weight excluding hydrogens is 325 g/mol. The number of carbonyl (C=O) groups excluding carboxylic acids is 2. The molecule has 6 nitrogen and oxygen atoms in total. The fraction of sp³-hybridized carbons (Fsp3) is 0.556. The number of halogens is 1. The maximum atomic E-state index is 12.9. The summed E-state index contributed by atoms with van der Waals surface area (Å²) in [6.07, 6.45) is 2.30. The van der Waals surface area contributed by atoms with Gasteiger partial charge in [-0.15, -0.1) is 0 Å². The van der Waals surface area contributed by atoms with E-state index in [4.69, 9.17) is 4.74 Å². The lowest BCUT2D eigenvalue weighted by molar-refractivity contribution is -0.123. The second-order valence-corrected chi connectivity index (χ2v) is 6.27. The zero-order valence-electron chi connectivity index (χ0n) is 14.5. The van der Waals surface area contributed by atoms with Crippen LogP contribution in [-0.2, 0) is 16.1 Å². The minimum atomic E-state index is -0.569. The highest BCUT2D eigenvalue weighted by Crippen LogP contribution is 2.10. The topological polar surface area (TPSA) is 79.5 Å². The lowest BCUT2D eigenvalue weighted by Gasteiger charge is -2.19. The largest absolute Gasteiger partial charge is 0.381 e. The van der Waals surface area contributed by atoms with Gasteiger partial charge in [-0.2, -0.15) is 0 Å². The Hall–Kier alpha value is -2.15. The number of rotatable bonds is 8. The smallest absolute Gasteiger partial charge is 0.315 e. The molecule has 0 radical (unpaired) electrons. The summed E-state index contributed by atoms with van der Waals surface area (Å²) >= 11 is 0. The predicted molar refractivity (Wildman–Crippen MR) is 92.4 cm³/mol. The molecule has 0 aromatic heterocycles. The molecule has 7 heteroatoms. The van der Waals surface area contributed by atoms with E-state index in [0.717, 1.165) is 25.0 Å². The molecule has 138 valence electrons. The van der Waals surface area contributed by atoms with Crippen molar-refractivity contribution in [2.24, 2.45) is 5.92 Å². The fourth-order valence-electron chi connectivity index (χ4n) is 2.66. The van der Waals surface area contributed by atoms with Crippen LogP contribution in [0.3, 0.4) is 0 Å². The van der Waals surface area contributed by atoms with Gasteiger partial charge < -0.3 is 20.7 Å². The molecular formula is C18H26FN3O3. The Kier molecular flexibility index (Phi) is 7.66. The molecule has 1 aromatic carbocycles. The Labute approximate surface area is 147 Å². The molecule has 3 N–H and O–H groups in total. The first-order chi connectivity index (χ1) is 12.1. The van der Waals surface area contributed by atoms with Crippen LogP contribution in [0.5, 0.6) is 0 Å². The number of carbonyl (C=O) groups is 2. The second kappa shape index (κ2) is 9.98. The van der Waals surface area contributed by atoms with E-state index < -0.39 is 12.1 Å². The first kappa shape index (κ1) is 19.2. The van der Waals surface area contributed by atoms with Gasteiger partial charge in [-0.1, -0.05) is 25.5 Å². The van der Waals surface area contributed by atoms with Gasteiger partial charge in [-0.25, -0.2) is 9.18 Å². The van der Waals surface area contributed by atoms with Gasteiger partial charge in [0.1, 0.15) is 11.9 Å². The van der Waals surface area contributed by atoms with Gasteiger partial charge >= 0.3 is 6.03 Å². The third-order valence-electron chi connectivity index (χ3n) is 4.15. The Morgan fingerprint density at radius 1 is 1.28 bits per heavy atom. The SMILES string of the molecule is CCC[C@@H](NC(=O)NCc1ccc(F)cc1)C(=O)NC[C@H]1CCOC1. The van der Waals surface area contributed by atoms with Crippen LogP contribution in [0.2, 0.25) is 0 Å². The number of benzene rings is 1. The van der Waals surface area contributed by atoms with Crippen molar-refractivity contribution in [1.29, 1.82) is 0 Å². The van der Waals surface area contributed by atoms with Crippen molar-refractivity contribution in [3.05, 3.63) is 35.6 Å². The second-order valence-electron chi connectivity index (χ2n) is 6.27. The van der Waals surface area contributed by atoms with E-state index in [0.29, 0.717) is 25.5 Å². The van der Waals surface area contributed by atoms with E-state index >= 15 is 0 Å². The fourth-order valence-corrected chi connectivity index (χ4v) is 2.66. The van der Waals surface area contributed by atoms with E-state index in [1.54, 1.807) is 12.1 Å². The van der Waals surface area contributed by atoms with Crippen LogP contribution >= 0.6 is 0 Å². The third kappa shape index (κ3) is 6.70. The summed E-state index contributed by atoms with van der Waals surface area (Å²) in [5.41, 5.74) is 0.786. The lowest BCUT2D eigenvalue weighted by atomic mass is 10.1. The summed E-state index contributed by atoms with van der Waals surface area (Å²) in [7, 11) is 0. The van der Waals surface area contributed by atoms with Crippen molar-refractivity contribution in [3.63, 3.8) is 0 Å². The summed E-state index contributed by atoms with van der Waals surface area (Å²) in [6, 6.07) is 4.91. The van der Waals surface area contributed by atoms with Gasteiger partial charge in [0, 0.05) is 25.6 Å². The minimum absolute atomic E-state index is 0.175. The molecule has 0 spiro atoms. The van der Waals surface area contributed by atoms with Gasteiger partial charge in [-0.3, -0.25) is 4.79 Å². The van der Waals surface area contributed by atoms with Crippen molar-refractivity contribution in [3.8, 4) is 0 Å². The Bertz CT molecular complexity index is 559. The van der Waals surface area contributed by atoms with Gasteiger partial charge in [0.2, 0.25) is 5.91 Å². The van der Waals surface area contributed by atoms with Crippen molar-refractivity contribution >= 4 is 11.9 Å². The highest BCUT2D eigenvalue weighted by Gasteiger charge is 2.22. The zero-order chi connectivity index (χ0) is 18.1. The highest BCUT2D eigenvalue weighted by atomic mass is 19.1. The summed E-state index contributed by atoms with van der Waals surface area (Å²) < 4.78 is 18.2. The summed E-state index contributed by atoms with van der Waals surface area (Å²) in [5, 5.41) is 8.29. The van der Waals surface area contributed by atoms with Gasteiger partial charge in [0.15, 0.2) is 0 Å². The van der Waals surface area contributed by atoms with E-state index in [1.165, 1.54) is 12.1 Å². The van der Waals surface area contributed by atoms with Crippen LogP contribution in [-0.4, -0.2) is 37.7 Å². The third-order valence-corrected chi connectivity index (χ3v) is 4.15. The number of nitrogens with one attached hydrogen (secondary N) is 3. The zero-order valence-corrected chi connectivity index (χ0v) is 14.5. The quantitative estimate of drug-likeness (QED) is 0.670. The molecule has 1 fully saturated rings. The van der Waals surface area contributed by atoms with Crippen molar-refractivity contribution in [2.75, 3.05) is 19.8 Å². The molecule has 2 rings (SSSR count). The van der Waals surface area contributed by atoms with E-state index in [1.807, 2.05) is 6.92 Å². The van der Waals surface area contributed by atoms with Crippen LogP contribution in [0, 0.1) is 11.7 Å². The normalized spacial score (nSPS) is 17.8. The molecule has 1 saturated heterocycles. The molecule has 25 heavy (non-hydrogen) atoms. The van der Waals surface area contributed by atoms with Crippen LogP contribution in [0.15, 0.2) is 24.3 Å². The standard InChI is InChI=1S/C18H26FN3O3/c1-2-3-16(17(23)20-11-14-8-9-25-12-14)22-18(24)21-10-13-4-6-15(19)7-5-13/h4-7,14,16H,2-3,8-12H2,1H3,(H,20,23)(H2,21,22,24)/t14-,16-/m1/s1. The Morgan fingerprint density at radius 3 is 2.68 bits per heavy atom. The maximum Gasteiger partial charge on any atom is 0.315 e. The molecule has 1 aliphatic rings. The average Bonchev–Trinajstić information content (AvgIpc) is 3.12. The predicted octanol–water partition coefficient (Wildman–Crippen LogP) is 1.95. The van der Waals surface area contributed by atoms with E-state index in [-0.39, 0.29) is 18.3 Å². The molecule has 1 heterocycles. The van der Waals surface area contributed by atoms with Crippen LogP contribution in [0.25, 0.3) is 0 Å². The van der Waals surface area contributed by atoms with E-state index in [9.17, 15) is 14.0 Å². The molecule has 1 aromatic rings. The van der Waals surface area contributed by atoms with E-state index in [2.05, 4.69) is 16.0 Å². The summed E-state index contributed by atoms with van der Waals surface area (Å²) in [6.45, 7) is 4.21. The Morgan fingerprint density at radius 2 is 2.04 bits per heavy atom. The summed E-state index contributed by atoms with van der Waals surface area (Å²) in [4.78, 5) is 24.3. The number of amides is 3. The van der Waals surface area contributed by atoms with Gasteiger partial charge in [0.05, 0.1) is 6.61 Å². The Balaban J connectivity index is 1.76. The molecule has 3 amide bonds. The number of hydrogen-bond donors (Lipinski definition) is 3. The maximum absolute atomic E-state index is 12.9. The van der Waals surface area contributed by atoms with Crippen LogP contribution in [0.4, 0.5) is 9.18 Å². The highest BCUT2D eigenvalue weighted by molar-refractivity contribution is 5.86. The van der Waals surface area contributed by atoms with Crippen LogP contribution in [0.1, 0.15) is 31.7 Å². The molecule has 0 unspecified atom stereocenters. The first-order valence-electron chi connectivity index (χ1n) is 8.72. The molecule has 1 aliphatic heterocycles. The minimum Gasteiger partial charge on any atom is -0.381 e. The molecule has 0 aliphatic carbocycles. The first-order valence-corrected chi connectivity index (χ1v) is 8.72.